The Morgan fingerprint density at radius 2 is 1.66 bits per heavy atom. The van der Waals surface area contributed by atoms with Crippen LogP contribution in [0.3, 0.4) is 0 Å². The van der Waals surface area contributed by atoms with Crippen LogP contribution in [0.5, 0.6) is 0 Å². The average molecular weight is 468 g/mol. The van der Waals surface area contributed by atoms with Gasteiger partial charge in [-0.25, -0.2) is 4.98 Å². The summed E-state index contributed by atoms with van der Waals surface area (Å²) in [6.07, 6.45) is 8.27. The van der Waals surface area contributed by atoms with Crippen LogP contribution in [0.15, 0.2) is 77.4 Å². The molecule has 0 aliphatic heterocycles. The second kappa shape index (κ2) is 10.7. The number of nitrogens with one attached hydrogen (secondary N) is 2. The number of furan rings is 1. The number of rotatable bonds is 8. The topological polar surface area (TPSA) is 66.2 Å². The highest BCUT2D eigenvalue weighted by Gasteiger charge is 2.22. The number of anilines is 2. The van der Waals surface area contributed by atoms with Crippen molar-refractivity contribution in [1.29, 1.82) is 0 Å². The molecule has 0 unspecified atom stereocenters. The predicted octanol–water partition coefficient (Wildman–Crippen LogP) is 5.84. The van der Waals surface area contributed by atoms with Gasteiger partial charge in [0.2, 0.25) is 5.95 Å². The highest BCUT2D eigenvalue weighted by molar-refractivity contribution is 5.90. The van der Waals surface area contributed by atoms with Crippen LogP contribution in [-0.2, 0) is 0 Å². The van der Waals surface area contributed by atoms with Gasteiger partial charge in [0.05, 0.1) is 11.8 Å². The van der Waals surface area contributed by atoms with Crippen molar-refractivity contribution in [3.63, 3.8) is 0 Å². The van der Waals surface area contributed by atoms with Crippen LogP contribution in [-0.4, -0.2) is 42.7 Å². The van der Waals surface area contributed by atoms with Crippen molar-refractivity contribution >= 4 is 34.3 Å². The van der Waals surface area contributed by atoms with Crippen molar-refractivity contribution in [3.8, 4) is 0 Å². The Bertz CT molecular complexity index is 1260. The molecule has 180 valence electrons. The molecule has 2 aromatic carbocycles. The molecule has 2 aromatic heterocycles. The summed E-state index contributed by atoms with van der Waals surface area (Å²) in [5.41, 5.74) is 3.43. The molecule has 2 heterocycles. The first kappa shape index (κ1) is 23.1. The quantitative estimate of drug-likeness (QED) is 0.339. The fourth-order valence-corrected chi connectivity index (χ4v) is 4.78. The van der Waals surface area contributed by atoms with E-state index < -0.39 is 0 Å². The van der Waals surface area contributed by atoms with Gasteiger partial charge in [0, 0.05) is 38.1 Å². The monoisotopic (exact) mass is 467 g/mol. The van der Waals surface area contributed by atoms with E-state index in [0.29, 0.717) is 12.1 Å². The van der Waals surface area contributed by atoms with Crippen molar-refractivity contribution in [1.82, 2.24) is 15.3 Å². The molecule has 0 atom stereocenters. The van der Waals surface area contributed by atoms with E-state index in [1.165, 1.54) is 11.1 Å². The molecule has 0 radical (unpaired) electrons. The summed E-state index contributed by atoms with van der Waals surface area (Å²) in [5, 5.41) is 8.48. The van der Waals surface area contributed by atoms with Crippen molar-refractivity contribution in [2.45, 2.75) is 37.8 Å². The van der Waals surface area contributed by atoms with Gasteiger partial charge in [0.1, 0.15) is 11.6 Å². The van der Waals surface area contributed by atoms with Gasteiger partial charge in [0.25, 0.3) is 0 Å². The zero-order chi connectivity index (χ0) is 24.0. The molecule has 5 rings (SSSR count). The lowest BCUT2D eigenvalue weighted by Gasteiger charge is -2.30. The Morgan fingerprint density at radius 3 is 2.40 bits per heavy atom. The van der Waals surface area contributed by atoms with Crippen molar-refractivity contribution in [2.75, 3.05) is 30.9 Å². The van der Waals surface area contributed by atoms with Crippen LogP contribution < -0.4 is 15.5 Å². The Labute approximate surface area is 207 Å². The lowest BCUT2D eigenvalue weighted by molar-refractivity contribution is 0.364. The first-order chi connectivity index (χ1) is 17.2. The first-order valence-electron chi connectivity index (χ1n) is 12.4. The van der Waals surface area contributed by atoms with Crippen molar-refractivity contribution in [2.24, 2.45) is 0 Å². The van der Waals surface area contributed by atoms with Crippen LogP contribution in [0, 0.1) is 0 Å². The fourth-order valence-electron chi connectivity index (χ4n) is 4.78. The third-order valence-electron chi connectivity index (χ3n) is 6.65. The molecule has 1 aliphatic carbocycles. The smallest absolute Gasteiger partial charge is 0.225 e. The van der Waals surface area contributed by atoms with E-state index in [0.717, 1.165) is 60.7 Å². The fraction of sp³-hybridized carbons (Fsp3) is 0.310. The highest BCUT2D eigenvalue weighted by atomic mass is 16.3. The van der Waals surface area contributed by atoms with E-state index in [-0.39, 0.29) is 0 Å². The van der Waals surface area contributed by atoms with Gasteiger partial charge in [0.15, 0.2) is 0 Å². The first-order valence-corrected chi connectivity index (χ1v) is 12.4. The van der Waals surface area contributed by atoms with Gasteiger partial charge < -0.3 is 20.0 Å². The van der Waals surface area contributed by atoms with Gasteiger partial charge in [-0.3, -0.25) is 0 Å². The molecule has 0 saturated heterocycles. The minimum Gasteiger partial charge on any atom is -0.465 e. The van der Waals surface area contributed by atoms with Gasteiger partial charge in [-0.15, -0.1) is 0 Å². The van der Waals surface area contributed by atoms with Crippen LogP contribution in [0.4, 0.5) is 11.8 Å². The summed E-state index contributed by atoms with van der Waals surface area (Å²) in [5.74, 6) is 2.55. The minimum atomic E-state index is 0.386. The molecule has 1 fully saturated rings. The maximum absolute atomic E-state index is 5.57. The molecule has 4 aromatic rings. The number of para-hydroxylation sites is 1. The lowest BCUT2D eigenvalue weighted by Crippen LogP contribution is -2.37. The number of benzene rings is 2. The summed E-state index contributed by atoms with van der Waals surface area (Å²) in [4.78, 5) is 11.6. The number of aromatic nitrogens is 2. The summed E-state index contributed by atoms with van der Waals surface area (Å²) in [7, 11) is 4.05. The third kappa shape index (κ3) is 5.72. The number of hydrogen-bond donors (Lipinski definition) is 2. The number of nitrogens with zero attached hydrogens (tertiary/aromatic N) is 3. The summed E-state index contributed by atoms with van der Waals surface area (Å²) < 4.78 is 5.57. The Kier molecular flexibility index (Phi) is 7.09. The zero-order valence-corrected chi connectivity index (χ0v) is 20.4. The molecular formula is C29H33N5O. The second-order valence-corrected chi connectivity index (χ2v) is 9.41. The van der Waals surface area contributed by atoms with Gasteiger partial charge >= 0.3 is 0 Å². The maximum Gasteiger partial charge on any atom is 0.225 e. The standard InChI is InChI=1S/C29H33N5O/c1-34(2)28-26-12-6-7-13-27(26)32-29(33-28)31-24-16-14-23(15-17-24)30-20-22(19-25-11-8-18-35-25)21-9-4-3-5-10-21/h3-13,18-19,23-24,30H,14-17,20H2,1-2H3,(H,31,32,33). The van der Waals surface area contributed by atoms with E-state index in [9.17, 15) is 0 Å². The lowest BCUT2D eigenvalue weighted by atomic mass is 9.91. The Balaban J connectivity index is 1.20. The summed E-state index contributed by atoms with van der Waals surface area (Å²) in [6, 6.07) is 23.5. The number of fused-ring (bicyclic) bond motifs is 1. The molecule has 2 N–H and O–H groups in total. The van der Waals surface area contributed by atoms with E-state index in [1.807, 2.05) is 38.4 Å². The second-order valence-electron chi connectivity index (χ2n) is 9.41. The summed E-state index contributed by atoms with van der Waals surface area (Å²) >= 11 is 0. The highest BCUT2D eigenvalue weighted by Crippen LogP contribution is 2.27. The molecule has 0 amide bonds. The molecule has 35 heavy (non-hydrogen) atoms. The van der Waals surface area contributed by atoms with E-state index >= 15 is 0 Å². The third-order valence-corrected chi connectivity index (χ3v) is 6.65. The van der Waals surface area contributed by atoms with Crippen molar-refractivity contribution < 1.29 is 4.42 Å². The normalized spacial score (nSPS) is 18.5. The van der Waals surface area contributed by atoms with E-state index in [2.05, 4.69) is 64.1 Å². The average Bonchev–Trinajstić information content (AvgIpc) is 3.40. The molecule has 6 nitrogen and oxygen atoms in total. The predicted molar refractivity (Wildman–Crippen MR) is 145 cm³/mol. The molecule has 1 saturated carbocycles. The summed E-state index contributed by atoms with van der Waals surface area (Å²) in [6.45, 7) is 0.813. The van der Waals surface area contributed by atoms with Crippen LogP contribution in [0.1, 0.15) is 37.0 Å². The zero-order valence-electron chi connectivity index (χ0n) is 20.4. The van der Waals surface area contributed by atoms with Gasteiger partial charge in [-0.1, -0.05) is 42.5 Å². The molecule has 6 heteroatoms. The van der Waals surface area contributed by atoms with Crippen LogP contribution in [0.2, 0.25) is 0 Å². The van der Waals surface area contributed by atoms with Gasteiger partial charge in [-0.2, -0.15) is 4.98 Å². The Morgan fingerprint density at radius 1 is 0.914 bits per heavy atom. The molecule has 1 aliphatic rings. The minimum absolute atomic E-state index is 0.386. The Hall–Kier alpha value is -3.64. The molecule has 0 spiro atoms. The van der Waals surface area contributed by atoms with Crippen molar-refractivity contribution in [3.05, 3.63) is 84.3 Å². The molecule has 0 bridgehead atoms. The maximum atomic E-state index is 5.57. The van der Waals surface area contributed by atoms with Gasteiger partial charge in [-0.05, 0) is 67.2 Å². The SMILES string of the molecule is CN(C)c1nc(NC2CCC(NCC(=Cc3ccco3)c3ccccc3)CC2)nc2ccccc12. The van der Waals surface area contributed by atoms with Crippen LogP contribution >= 0.6 is 0 Å². The largest absolute Gasteiger partial charge is 0.465 e. The van der Waals surface area contributed by atoms with Crippen LogP contribution in [0.25, 0.3) is 22.6 Å². The number of hydrogen-bond acceptors (Lipinski definition) is 6. The van der Waals surface area contributed by atoms with E-state index in [1.54, 1.807) is 6.26 Å². The van der Waals surface area contributed by atoms with E-state index in [4.69, 9.17) is 14.4 Å². The molecular weight excluding hydrogens is 434 g/mol.